The Morgan fingerprint density at radius 3 is 1.13 bits per heavy atom. The summed E-state index contributed by atoms with van der Waals surface area (Å²) in [4.78, 5) is 0. The van der Waals surface area contributed by atoms with Crippen molar-refractivity contribution < 1.29 is 16.5 Å². The summed E-state index contributed by atoms with van der Waals surface area (Å²) in [6, 6.07) is 0. The first-order valence-corrected chi connectivity index (χ1v) is 11.9. The minimum absolute atomic E-state index is 0.731. The van der Waals surface area contributed by atoms with Crippen LogP contribution in [0.3, 0.4) is 0 Å². The van der Waals surface area contributed by atoms with Gasteiger partial charge in [0.1, 0.15) is 0 Å². The second kappa shape index (κ2) is 8.35. The fraction of sp³-hybridized carbons (Fsp3) is 0. The van der Waals surface area contributed by atoms with Gasteiger partial charge in [-0.2, -0.15) is 0 Å². The first kappa shape index (κ1) is 17.0. The molecule has 0 saturated carbocycles. The zero-order valence-electron chi connectivity index (χ0n) is 12.0. The van der Waals surface area contributed by atoms with Gasteiger partial charge in [0.05, 0.1) is 0 Å². The van der Waals surface area contributed by atoms with E-state index in [1.54, 1.807) is 0 Å². The average Bonchev–Trinajstić information content (AvgIpc) is 2.57. The maximum Gasteiger partial charge on any atom is 0.507 e. The predicted molar refractivity (Wildman–Crippen MR) is 107 cm³/mol. The van der Waals surface area contributed by atoms with Crippen molar-refractivity contribution in [3.63, 3.8) is 0 Å². The van der Waals surface area contributed by atoms with Crippen LogP contribution in [0.15, 0.2) is 70.9 Å². The molecule has 0 aromatic rings. The van der Waals surface area contributed by atoms with Crippen LogP contribution in [0, 0.1) is 0 Å². The van der Waals surface area contributed by atoms with Gasteiger partial charge in [-0.1, -0.05) is 54.7 Å². The normalized spacial score (nSPS) is 30.3. The topological polar surface area (TPSA) is 44.8 Å². The molecule has 0 spiro atoms. The van der Waals surface area contributed by atoms with Crippen molar-refractivity contribution >= 4 is 56.2 Å². The first-order chi connectivity index (χ1) is 11.2. The quantitative estimate of drug-likeness (QED) is 0.456. The fourth-order valence-corrected chi connectivity index (χ4v) is 8.00. The van der Waals surface area contributed by atoms with E-state index < -0.39 is 40.1 Å². The van der Waals surface area contributed by atoms with Crippen LogP contribution in [0.2, 0.25) is 0 Å². The van der Waals surface area contributed by atoms with Crippen molar-refractivity contribution in [3.05, 3.63) is 70.9 Å². The Kier molecular flexibility index (Phi) is 6.19. The van der Waals surface area contributed by atoms with E-state index in [0.717, 1.165) is 0 Å². The molecule has 0 amide bonds. The van der Waals surface area contributed by atoms with Crippen molar-refractivity contribution in [3.8, 4) is 0 Å². The molecule has 0 aliphatic carbocycles. The van der Waals surface area contributed by atoms with E-state index in [2.05, 4.69) is 0 Å². The Labute approximate surface area is 143 Å². The van der Waals surface area contributed by atoms with E-state index in [1.165, 1.54) is 0 Å². The van der Waals surface area contributed by atoms with Gasteiger partial charge < -0.3 is 0 Å². The number of phosphoric acid groups is 1. The largest absolute Gasteiger partial charge is 0.507 e. The Bertz CT molecular complexity index is 693. The van der Waals surface area contributed by atoms with Gasteiger partial charge in [-0.25, -0.2) is 16.5 Å². The van der Waals surface area contributed by atoms with Gasteiger partial charge in [0, 0.05) is 0 Å². The zero-order chi connectivity index (χ0) is 16.0. The molecule has 0 bridgehead atoms. The highest BCUT2D eigenvalue weighted by atomic mass is 32.2. The summed E-state index contributed by atoms with van der Waals surface area (Å²) in [7, 11) is -5.93. The molecule has 0 N–H and O–H groups in total. The van der Waals surface area contributed by atoms with Crippen molar-refractivity contribution in [1.82, 2.24) is 0 Å². The standard InChI is InChI=1S/C15H15O4PS3/c16-20(17-21-10-4-1-5-11-21,18-22-12-6-2-7-13-22)19-23-14-8-3-9-15-23/h1-15H. The van der Waals surface area contributed by atoms with Crippen LogP contribution >= 0.6 is 40.1 Å². The van der Waals surface area contributed by atoms with E-state index in [9.17, 15) is 4.57 Å². The van der Waals surface area contributed by atoms with E-state index >= 15 is 0 Å². The molecule has 122 valence electrons. The van der Waals surface area contributed by atoms with Crippen LogP contribution in [-0.4, -0.2) is 16.1 Å². The van der Waals surface area contributed by atoms with Crippen molar-refractivity contribution in [2.45, 2.75) is 0 Å². The molecule has 0 fully saturated rings. The molecule has 0 aromatic heterocycles. The van der Waals surface area contributed by atoms with Gasteiger partial charge in [-0.15, -0.1) is 0 Å². The van der Waals surface area contributed by atoms with Crippen LogP contribution in [0.25, 0.3) is 0 Å². The highest BCUT2D eigenvalue weighted by molar-refractivity contribution is 8.20. The van der Waals surface area contributed by atoms with E-state index in [0.29, 0.717) is 0 Å². The molecule has 3 aliphatic rings. The highest BCUT2D eigenvalue weighted by Crippen LogP contribution is 2.62. The smallest absolute Gasteiger partial charge is 0.225 e. The number of allylic oxidation sites excluding steroid dienone is 9. The minimum atomic E-state index is -3.74. The summed E-state index contributed by atoms with van der Waals surface area (Å²) < 4.78 is 30.2. The Hall–Kier alpha value is -0.790. The van der Waals surface area contributed by atoms with Crippen LogP contribution in [0.4, 0.5) is 0 Å². The molecule has 3 atom stereocenters. The fourth-order valence-electron chi connectivity index (χ4n) is 1.57. The predicted octanol–water partition coefficient (Wildman–Crippen LogP) is 5.35. The Morgan fingerprint density at radius 1 is 0.522 bits per heavy atom. The lowest BCUT2D eigenvalue weighted by molar-refractivity contribution is 0.351. The zero-order valence-corrected chi connectivity index (χ0v) is 15.3. The summed E-state index contributed by atoms with van der Waals surface area (Å²) in [5, 5.41) is 11.0. The third-order valence-corrected chi connectivity index (χ3v) is 9.28. The molecule has 3 heterocycles. The molecule has 3 unspecified atom stereocenters. The minimum Gasteiger partial charge on any atom is -0.225 e. The van der Waals surface area contributed by atoms with Gasteiger partial charge in [0.25, 0.3) is 0 Å². The molecular formula is C15H15O4PS3. The third kappa shape index (κ3) is 5.36. The van der Waals surface area contributed by atoms with Gasteiger partial charge in [0.2, 0.25) is 0 Å². The van der Waals surface area contributed by atoms with Crippen molar-refractivity contribution in [2.75, 3.05) is 0 Å². The summed E-state index contributed by atoms with van der Waals surface area (Å²) >= 11 is 0. The second-order valence-electron chi connectivity index (χ2n) is 4.20. The van der Waals surface area contributed by atoms with E-state index in [4.69, 9.17) is 11.9 Å². The molecule has 4 nitrogen and oxygen atoms in total. The van der Waals surface area contributed by atoms with Crippen molar-refractivity contribution in [1.29, 1.82) is 0 Å². The molecular weight excluding hydrogens is 371 g/mol. The monoisotopic (exact) mass is 386 g/mol. The summed E-state index contributed by atoms with van der Waals surface area (Å²) in [5.41, 5.74) is 0. The third-order valence-electron chi connectivity index (χ3n) is 2.47. The number of hydrogen-bond donors (Lipinski definition) is 0. The lowest BCUT2D eigenvalue weighted by Crippen LogP contribution is -1.93. The van der Waals surface area contributed by atoms with Crippen LogP contribution in [-0.2, 0) is 16.5 Å². The maximum atomic E-state index is 13.1. The molecule has 3 aliphatic heterocycles. The van der Waals surface area contributed by atoms with Gasteiger partial charge in [-0.3, -0.25) is 0 Å². The molecule has 0 radical (unpaired) electrons. The van der Waals surface area contributed by atoms with Crippen LogP contribution in [0.5, 0.6) is 0 Å². The second-order valence-corrected chi connectivity index (χ2v) is 10.5. The summed E-state index contributed by atoms with van der Waals surface area (Å²) in [6.07, 6.45) is 16.7. The van der Waals surface area contributed by atoms with Crippen LogP contribution < -0.4 is 0 Å². The maximum absolute atomic E-state index is 13.1. The van der Waals surface area contributed by atoms with E-state index in [1.807, 2.05) is 87.0 Å². The average molecular weight is 386 g/mol. The first-order valence-electron chi connectivity index (χ1n) is 6.64. The molecule has 0 aromatic carbocycles. The number of hydrogen-bond acceptors (Lipinski definition) is 4. The van der Waals surface area contributed by atoms with Crippen molar-refractivity contribution in [2.24, 2.45) is 0 Å². The lowest BCUT2D eigenvalue weighted by Gasteiger charge is -2.20. The molecule has 8 heteroatoms. The van der Waals surface area contributed by atoms with E-state index in [-0.39, 0.29) is 0 Å². The molecule has 3 rings (SSSR count). The Morgan fingerprint density at radius 2 is 0.870 bits per heavy atom. The lowest BCUT2D eigenvalue weighted by atomic mass is 10.5. The van der Waals surface area contributed by atoms with Gasteiger partial charge in [0.15, 0.2) is 0 Å². The van der Waals surface area contributed by atoms with Crippen LogP contribution in [0.1, 0.15) is 0 Å². The number of rotatable bonds is 6. The Balaban J connectivity index is 1.82. The van der Waals surface area contributed by atoms with Gasteiger partial charge >= 0.3 is 7.82 Å². The SMILES string of the molecule is O=P(OS1=CC=CC=C1)(OS1=CC=CC=C1)OS1=CC=CC=C1. The highest BCUT2D eigenvalue weighted by Gasteiger charge is 2.31. The summed E-state index contributed by atoms with van der Waals surface area (Å²) in [6.45, 7) is 0. The van der Waals surface area contributed by atoms with Gasteiger partial charge in [-0.05, 0) is 64.6 Å². The summed E-state index contributed by atoms with van der Waals surface area (Å²) in [5.74, 6) is 0. The molecule has 0 saturated heterocycles. The molecule has 23 heavy (non-hydrogen) atoms.